The number of sulfonamides is 1. The third-order valence-corrected chi connectivity index (χ3v) is 4.41. The van der Waals surface area contributed by atoms with Gasteiger partial charge in [-0.2, -0.15) is 0 Å². The molecule has 7 nitrogen and oxygen atoms in total. The SMILES string of the molecule is O=S(=O)(Nc1cc(-n2ccnc2)ncn1)c1ccc(Cl)cc1. The van der Waals surface area contributed by atoms with Crippen molar-refractivity contribution in [3.05, 3.63) is 60.4 Å². The third kappa shape index (κ3) is 3.07. The molecule has 0 saturated carbocycles. The van der Waals surface area contributed by atoms with E-state index in [2.05, 4.69) is 19.7 Å². The normalized spacial score (nSPS) is 11.3. The average Bonchev–Trinajstić information content (AvgIpc) is 3.02. The second-order valence-electron chi connectivity index (χ2n) is 4.29. The van der Waals surface area contributed by atoms with Crippen LogP contribution in [0.2, 0.25) is 5.02 Å². The van der Waals surface area contributed by atoms with Crippen molar-refractivity contribution in [2.45, 2.75) is 4.90 Å². The van der Waals surface area contributed by atoms with Crippen LogP contribution in [0.4, 0.5) is 5.82 Å². The molecule has 2 aromatic heterocycles. The molecule has 0 spiro atoms. The Bertz CT molecular complexity index is 879. The van der Waals surface area contributed by atoms with Gasteiger partial charge in [0.15, 0.2) is 0 Å². The molecule has 0 saturated heterocycles. The van der Waals surface area contributed by atoms with Gasteiger partial charge in [-0.3, -0.25) is 9.29 Å². The molecule has 0 aliphatic heterocycles. The zero-order valence-corrected chi connectivity index (χ0v) is 12.7. The lowest BCUT2D eigenvalue weighted by Crippen LogP contribution is -2.14. The topological polar surface area (TPSA) is 89.8 Å². The number of aromatic nitrogens is 4. The Morgan fingerprint density at radius 2 is 1.91 bits per heavy atom. The van der Waals surface area contributed by atoms with Crippen molar-refractivity contribution in [2.24, 2.45) is 0 Å². The molecule has 2 heterocycles. The van der Waals surface area contributed by atoms with E-state index in [1.807, 2.05) is 0 Å². The van der Waals surface area contributed by atoms with Crippen molar-refractivity contribution in [1.82, 2.24) is 19.5 Å². The molecule has 1 N–H and O–H groups in total. The van der Waals surface area contributed by atoms with Crippen molar-refractivity contribution in [3.8, 4) is 5.82 Å². The number of benzene rings is 1. The van der Waals surface area contributed by atoms with Crippen LogP contribution in [0.15, 0.2) is 60.3 Å². The summed E-state index contributed by atoms with van der Waals surface area (Å²) < 4.78 is 28.6. The van der Waals surface area contributed by atoms with Crippen LogP contribution >= 0.6 is 11.6 Å². The molecule has 22 heavy (non-hydrogen) atoms. The first kappa shape index (κ1) is 14.5. The van der Waals surface area contributed by atoms with Crippen LogP contribution in [0.5, 0.6) is 0 Å². The first-order chi connectivity index (χ1) is 10.5. The average molecular weight is 336 g/mol. The van der Waals surface area contributed by atoms with Gasteiger partial charge in [0.25, 0.3) is 10.0 Å². The molecule has 0 unspecified atom stereocenters. The fraction of sp³-hybridized carbons (Fsp3) is 0. The molecule has 0 bridgehead atoms. The summed E-state index contributed by atoms with van der Waals surface area (Å²) in [5.74, 6) is 0.662. The Kier molecular flexibility index (Phi) is 3.78. The van der Waals surface area contributed by atoms with Crippen LogP contribution in [0.3, 0.4) is 0 Å². The van der Waals surface area contributed by atoms with E-state index in [9.17, 15) is 8.42 Å². The first-order valence-electron chi connectivity index (χ1n) is 6.13. The molecule has 3 rings (SSSR count). The van der Waals surface area contributed by atoms with Gasteiger partial charge in [-0.15, -0.1) is 0 Å². The van der Waals surface area contributed by atoms with Gasteiger partial charge in [0.05, 0.1) is 4.90 Å². The standard InChI is InChI=1S/C13H10ClN5O2S/c14-10-1-3-11(4-2-10)22(20,21)18-12-7-13(17-8-16-12)19-6-5-15-9-19/h1-9H,(H,16,17,18). The Labute approximate surface area is 131 Å². The minimum absolute atomic E-state index is 0.0969. The molecule has 0 radical (unpaired) electrons. The van der Waals surface area contributed by atoms with Gasteiger partial charge in [-0.25, -0.2) is 23.4 Å². The lowest BCUT2D eigenvalue weighted by atomic mass is 10.4. The minimum atomic E-state index is -3.74. The van der Waals surface area contributed by atoms with Crippen LogP contribution in [-0.4, -0.2) is 27.9 Å². The van der Waals surface area contributed by atoms with E-state index in [1.165, 1.54) is 36.7 Å². The molecule has 9 heteroatoms. The van der Waals surface area contributed by atoms with Crippen molar-refractivity contribution < 1.29 is 8.42 Å². The predicted octanol–water partition coefficient (Wildman–Crippen LogP) is 2.12. The van der Waals surface area contributed by atoms with E-state index in [0.29, 0.717) is 10.8 Å². The number of hydrogen-bond donors (Lipinski definition) is 1. The van der Waals surface area contributed by atoms with Crippen LogP contribution < -0.4 is 4.72 Å². The monoisotopic (exact) mass is 335 g/mol. The molecular formula is C13H10ClN5O2S. The highest BCUT2D eigenvalue weighted by Crippen LogP contribution is 2.17. The fourth-order valence-corrected chi connectivity index (χ4v) is 2.87. The highest BCUT2D eigenvalue weighted by Gasteiger charge is 2.15. The van der Waals surface area contributed by atoms with Gasteiger partial charge in [-0.1, -0.05) is 11.6 Å². The second kappa shape index (κ2) is 5.74. The van der Waals surface area contributed by atoms with Gasteiger partial charge in [0.1, 0.15) is 24.3 Å². The largest absolute Gasteiger partial charge is 0.290 e. The highest BCUT2D eigenvalue weighted by atomic mass is 35.5. The van der Waals surface area contributed by atoms with Crippen molar-refractivity contribution in [2.75, 3.05) is 4.72 Å². The number of halogens is 1. The summed E-state index contributed by atoms with van der Waals surface area (Å²) in [4.78, 5) is 12.0. The molecule has 0 fully saturated rings. The number of nitrogens with zero attached hydrogens (tertiary/aromatic N) is 4. The Morgan fingerprint density at radius 3 is 2.59 bits per heavy atom. The van der Waals surface area contributed by atoms with E-state index in [4.69, 9.17) is 11.6 Å². The fourth-order valence-electron chi connectivity index (χ4n) is 1.75. The first-order valence-corrected chi connectivity index (χ1v) is 7.99. The molecule has 0 aliphatic carbocycles. The number of hydrogen-bond acceptors (Lipinski definition) is 5. The number of rotatable bonds is 4. The molecule has 0 amide bonds. The highest BCUT2D eigenvalue weighted by molar-refractivity contribution is 7.92. The summed E-state index contributed by atoms with van der Waals surface area (Å²) in [5, 5.41) is 0.461. The maximum atomic E-state index is 12.3. The molecule has 0 aliphatic rings. The Hall–Kier alpha value is -2.45. The van der Waals surface area contributed by atoms with Gasteiger partial charge in [0.2, 0.25) is 0 Å². The maximum Gasteiger partial charge on any atom is 0.263 e. The number of anilines is 1. The maximum absolute atomic E-state index is 12.3. The van der Waals surface area contributed by atoms with E-state index >= 15 is 0 Å². The zero-order chi connectivity index (χ0) is 15.6. The lowest BCUT2D eigenvalue weighted by molar-refractivity contribution is 0.601. The Morgan fingerprint density at radius 1 is 1.14 bits per heavy atom. The predicted molar refractivity (Wildman–Crippen MR) is 81.4 cm³/mol. The van der Waals surface area contributed by atoms with Gasteiger partial charge >= 0.3 is 0 Å². The van der Waals surface area contributed by atoms with E-state index < -0.39 is 10.0 Å². The van der Waals surface area contributed by atoms with Crippen molar-refractivity contribution in [3.63, 3.8) is 0 Å². The van der Waals surface area contributed by atoms with Crippen molar-refractivity contribution >= 4 is 27.4 Å². The molecule has 1 aromatic carbocycles. The quantitative estimate of drug-likeness (QED) is 0.788. The summed E-state index contributed by atoms with van der Waals surface area (Å²) in [6.45, 7) is 0. The van der Waals surface area contributed by atoms with E-state index in [-0.39, 0.29) is 10.7 Å². The molecule has 112 valence electrons. The van der Waals surface area contributed by atoms with Crippen molar-refractivity contribution in [1.29, 1.82) is 0 Å². The summed E-state index contributed by atoms with van der Waals surface area (Å²) >= 11 is 5.76. The van der Waals surface area contributed by atoms with E-state index in [1.54, 1.807) is 23.3 Å². The van der Waals surface area contributed by atoms with Crippen LogP contribution in [0, 0.1) is 0 Å². The number of nitrogens with one attached hydrogen (secondary N) is 1. The van der Waals surface area contributed by atoms with Gasteiger partial charge in [-0.05, 0) is 24.3 Å². The van der Waals surface area contributed by atoms with E-state index in [0.717, 1.165) is 0 Å². The summed E-state index contributed by atoms with van der Waals surface area (Å²) in [6, 6.07) is 7.36. The van der Waals surface area contributed by atoms with Gasteiger partial charge < -0.3 is 0 Å². The van der Waals surface area contributed by atoms with Crippen LogP contribution in [0.1, 0.15) is 0 Å². The second-order valence-corrected chi connectivity index (χ2v) is 6.41. The van der Waals surface area contributed by atoms with Crippen LogP contribution in [-0.2, 0) is 10.0 Å². The summed E-state index contributed by atoms with van der Waals surface area (Å²) in [7, 11) is -3.74. The molecular weight excluding hydrogens is 326 g/mol. The number of imidazole rings is 1. The van der Waals surface area contributed by atoms with Crippen LogP contribution in [0.25, 0.3) is 5.82 Å². The summed E-state index contributed by atoms with van der Waals surface area (Å²) in [5.41, 5.74) is 0. The zero-order valence-electron chi connectivity index (χ0n) is 11.1. The smallest absolute Gasteiger partial charge is 0.263 e. The Balaban J connectivity index is 1.89. The van der Waals surface area contributed by atoms with Gasteiger partial charge in [0, 0.05) is 23.5 Å². The lowest BCUT2D eigenvalue weighted by Gasteiger charge is -2.08. The molecule has 0 atom stereocenters. The minimum Gasteiger partial charge on any atom is -0.290 e. The third-order valence-electron chi connectivity index (χ3n) is 2.78. The molecule has 3 aromatic rings. The summed E-state index contributed by atoms with van der Waals surface area (Å²) in [6.07, 6.45) is 6.12.